The Bertz CT molecular complexity index is 1190. The van der Waals surface area contributed by atoms with Crippen LogP contribution in [0.4, 0.5) is 26.7 Å². The first-order chi connectivity index (χ1) is 17.5. The lowest BCUT2D eigenvalue weighted by atomic mass is 9.80. The van der Waals surface area contributed by atoms with Crippen molar-refractivity contribution in [2.75, 3.05) is 13.1 Å². The number of hydrogen-bond acceptors (Lipinski definition) is 3. The first kappa shape index (κ1) is 28.2. The number of hydrogen-bond donors (Lipinski definition) is 1. The Morgan fingerprint density at radius 3 is 2.32 bits per heavy atom. The van der Waals surface area contributed by atoms with Crippen LogP contribution in [0.15, 0.2) is 66.9 Å². The molecule has 1 heterocycles. The monoisotopic (exact) mass is 541 g/mol. The highest BCUT2D eigenvalue weighted by Gasteiger charge is 2.45. The summed E-state index contributed by atoms with van der Waals surface area (Å²) in [5.74, 6) is -1.88. The van der Waals surface area contributed by atoms with E-state index in [4.69, 9.17) is 11.6 Å². The van der Waals surface area contributed by atoms with Crippen LogP contribution in [0.3, 0.4) is 0 Å². The van der Waals surface area contributed by atoms with Gasteiger partial charge in [0.15, 0.2) is 0 Å². The summed E-state index contributed by atoms with van der Waals surface area (Å²) in [5, 5.41) is 3.18. The van der Waals surface area contributed by atoms with Crippen LogP contribution in [0.2, 0.25) is 5.02 Å². The lowest BCUT2D eigenvalue weighted by Crippen LogP contribution is -2.53. The molecule has 3 aromatic rings. The molecule has 5 nitrogen and oxygen atoms in total. The van der Waals surface area contributed by atoms with Crippen LogP contribution < -0.4 is 10.1 Å². The van der Waals surface area contributed by atoms with Crippen molar-refractivity contribution in [2.45, 2.75) is 38.3 Å². The largest absolute Gasteiger partial charge is 0.461 e. The van der Waals surface area contributed by atoms with Crippen LogP contribution in [-0.4, -0.2) is 41.5 Å². The number of alkyl halides is 4. The molecule has 1 unspecified atom stereocenters. The van der Waals surface area contributed by atoms with Gasteiger partial charge < -0.3 is 15.0 Å². The Hall–Kier alpha value is -3.40. The molecule has 0 fully saturated rings. The van der Waals surface area contributed by atoms with Crippen molar-refractivity contribution in [3.8, 4) is 5.75 Å². The molecule has 0 bridgehead atoms. The molecule has 11 heteroatoms. The number of benzene rings is 2. The molecule has 0 saturated heterocycles. The maximum Gasteiger partial charge on any atom is 0.461 e. The summed E-state index contributed by atoms with van der Waals surface area (Å²) in [6, 6.07) is 13.8. The quantitative estimate of drug-likeness (QED) is 0.292. The molecule has 2 aromatic carbocycles. The zero-order chi connectivity index (χ0) is 27.2. The number of nitrogens with one attached hydrogen (secondary N) is 1. The van der Waals surface area contributed by atoms with Crippen LogP contribution in [0.1, 0.15) is 30.7 Å². The van der Waals surface area contributed by atoms with E-state index in [0.29, 0.717) is 24.7 Å². The molecule has 198 valence electrons. The second-order valence-electron chi connectivity index (χ2n) is 8.17. The minimum absolute atomic E-state index is 0.00359. The molecule has 37 heavy (non-hydrogen) atoms. The zero-order valence-corrected chi connectivity index (χ0v) is 20.8. The van der Waals surface area contributed by atoms with Gasteiger partial charge in [-0.3, -0.25) is 4.98 Å². The molecule has 0 aliphatic heterocycles. The highest BCUT2D eigenvalue weighted by molar-refractivity contribution is 6.30. The highest BCUT2D eigenvalue weighted by Crippen LogP contribution is 2.37. The number of halogens is 6. The Morgan fingerprint density at radius 1 is 1.08 bits per heavy atom. The molecule has 1 atom stereocenters. The minimum Gasteiger partial charge on any atom is -0.428 e. The van der Waals surface area contributed by atoms with Gasteiger partial charge in [-0.05, 0) is 49.2 Å². The van der Waals surface area contributed by atoms with Crippen molar-refractivity contribution in [3.05, 3.63) is 94.5 Å². The number of aromatic nitrogens is 1. The van der Waals surface area contributed by atoms with Gasteiger partial charge in [-0.15, -0.1) is 0 Å². The summed E-state index contributed by atoms with van der Waals surface area (Å²) in [4.78, 5) is 19.2. The maximum atomic E-state index is 14.8. The van der Waals surface area contributed by atoms with Gasteiger partial charge in [0.2, 0.25) is 0 Å². The van der Waals surface area contributed by atoms with Crippen LogP contribution >= 0.6 is 11.6 Å². The van der Waals surface area contributed by atoms with E-state index in [0.717, 1.165) is 12.1 Å². The fraction of sp³-hybridized carbons (Fsp3) is 0.308. The van der Waals surface area contributed by atoms with E-state index in [1.165, 1.54) is 23.2 Å². The zero-order valence-electron chi connectivity index (χ0n) is 20.0. The summed E-state index contributed by atoms with van der Waals surface area (Å²) < 4.78 is 72.0. The number of rotatable bonds is 10. The Labute approximate surface area is 216 Å². The van der Waals surface area contributed by atoms with Crippen LogP contribution in [0.5, 0.6) is 5.75 Å². The van der Waals surface area contributed by atoms with Crippen molar-refractivity contribution < 1.29 is 31.5 Å². The number of nitrogens with zero attached hydrogens (tertiary/aromatic N) is 2. The Balaban J connectivity index is 2.27. The van der Waals surface area contributed by atoms with Crippen molar-refractivity contribution in [1.82, 2.24) is 15.2 Å². The van der Waals surface area contributed by atoms with E-state index in [1.807, 2.05) is 0 Å². The normalized spacial score (nSPS) is 13.2. The third-order valence-electron chi connectivity index (χ3n) is 5.72. The average Bonchev–Trinajstić information content (AvgIpc) is 2.84. The third-order valence-corrected chi connectivity index (χ3v) is 5.94. The van der Waals surface area contributed by atoms with Crippen molar-refractivity contribution in [1.29, 1.82) is 0 Å². The molecule has 2 amide bonds. The molecule has 1 aromatic heterocycles. The minimum atomic E-state index is -4.86. The Morgan fingerprint density at radius 2 is 1.76 bits per heavy atom. The van der Waals surface area contributed by atoms with Gasteiger partial charge in [0.1, 0.15) is 17.1 Å². The van der Waals surface area contributed by atoms with E-state index in [9.17, 15) is 26.7 Å². The van der Waals surface area contributed by atoms with Gasteiger partial charge in [-0.1, -0.05) is 41.9 Å². The lowest BCUT2D eigenvalue weighted by Gasteiger charge is -2.37. The van der Waals surface area contributed by atoms with Crippen LogP contribution in [0, 0.1) is 5.82 Å². The number of amides is 2. The van der Waals surface area contributed by atoms with E-state index < -0.39 is 35.7 Å². The predicted octanol–water partition coefficient (Wildman–Crippen LogP) is 6.65. The average molecular weight is 542 g/mol. The van der Waals surface area contributed by atoms with E-state index in [2.05, 4.69) is 15.0 Å². The van der Waals surface area contributed by atoms with Gasteiger partial charge in [0, 0.05) is 31.8 Å². The summed E-state index contributed by atoms with van der Waals surface area (Å²) in [6.45, 7) is 4.22. The van der Waals surface area contributed by atoms with Crippen LogP contribution in [0.25, 0.3) is 0 Å². The number of carbonyl (C=O) groups is 1. The molecule has 0 saturated carbocycles. The summed E-state index contributed by atoms with van der Waals surface area (Å²) in [7, 11) is 0. The standard InChI is InChI=1S/C26H25ClF5N3O2/c1-3-35(4-2)24(36)34-25(15-17-8-6-5-7-9-17,22-11-10-19(27)16-33-22)18-12-20(28)14-21(13-18)37-26(31,32)23(29)30/h5-14,16,23H,3-4,15H2,1-2H3,(H,34,36). The van der Waals surface area contributed by atoms with E-state index in [-0.39, 0.29) is 22.7 Å². The molecule has 0 aliphatic carbocycles. The van der Waals surface area contributed by atoms with E-state index in [1.54, 1.807) is 44.2 Å². The predicted molar refractivity (Wildman–Crippen MR) is 130 cm³/mol. The fourth-order valence-electron chi connectivity index (χ4n) is 3.89. The second-order valence-corrected chi connectivity index (χ2v) is 8.61. The van der Waals surface area contributed by atoms with Gasteiger partial charge in [0.25, 0.3) is 0 Å². The molecular formula is C26H25ClF5N3O2. The maximum absolute atomic E-state index is 14.8. The third kappa shape index (κ3) is 6.68. The topological polar surface area (TPSA) is 54.5 Å². The van der Waals surface area contributed by atoms with Gasteiger partial charge in [-0.2, -0.15) is 17.6 Å². The molecule has 0 spiro atoms. The Kier molecular flexibility index (Phi) is 8.96. The number of carbonyl (C=O) groups excluding carboxylic acids is 1. The second kappa shape index (κ2) is 11.8. The van der Waals surface area contributed by atoms with Crippen molar-refractivity contribution >= 4 is 17.6 Å². The summed E-state index contributed by atoms with van der Waals surface area (Å²) in [6.07, 6.45) is -7.68. The van der Waals surface area contributed by atoms with Crippen molar-refractivity contribution in [3.63, 3.8) is 0 Å². The van der Waals surface area contributed by atoms with Gasteiger partial charge in [0.05, 0.1) is 10.7 Å². The van der Waals surface area contributed by atoms with Crippen LogP contribution in [-0.2, 0) is 12.0 Å². The SMILES string of the molecule is CCN(CC)C(=O)NC(Cc1ccccc1)(c1cc(F)cc(OC(F)(F)C(F)F)c1)c1ccc(Cl)cn1. The molecule has 1 N–H and O–H groups in total. The number of pyridine rings is 1. The fourth-order valence-corrected chi connectivity index (χ4v) is 4.01. The summed E-state index contributed by atoms with van der Waals surface area (Å²) >= 11 is 6.03. The number of ether oxygens (including phenoxy) is 1. The molecule has 0 aliphatic rings. The smallest absolute Gasteiger partial charge is 0.428 e. The molecule has 0 radical (unpaired) electrons. The van der Waals surface area contributed by atoms with Gasteiger partial charge in [-0.25, -0.2) is 9.18 Å². The van der Waals surface area contributed by atoms with Crippen molar-refractivity contribution in [2.24, 2.45) is 0 Å². The highest BCUT2D eigenvalue weighted by atomic mass is 35.5. The first-order valence-corrected chi connectivity index (χ1v) is 11.8. The number of urea groups is 1. The van der Waals surface area contributed by atoms with E-state index >= 15 is 0 Å². The first-order valence-electron chi connectivity index (χ1n) is 11.4. The summed E-state index contributed by atoms with van der Waals surface area (Å²) in [5.41, 5.74) is -0.791. The lowest BCUT2D eigenvalue weighted by molar-refractivity contribution is -0.253. The molecular weight excluding hydrogens is 517 g/mol. The van der Waals surface area contributed by atoms with Gasteiger partial charge >= 0.3 is 18.6 Å². The molecule has 3 rings (SSSR count).